The fourth-order valence-electron chi connectivity index (χ4n) is 0.936. The van der Waals surface area contributed by atoms with Gasteiger partial charge in [-0.1, -0.05) is 0 Å². The fraction of sp³-hybridized carbons (Fsp3) is 0.800. The van der Waals surface area contributed by atoms with Crippen LogP contribution < -0.4 is 5.32 Å². The number of methoxy groups -OCH3 is 1. The maximum Gasteiger partial charge on any atom is 0.0701 e. The number of likely N-dealkylation sites (N-methyl/N-ethyl adjacent to an activating group) is 1. The summed E-state index contributed by atoms with van der Waals surface area (Å²) in [6.45, 7) is 1.98. The quantitative estimate of drug-likeness (QED) is 0.445. The molecule has 0 aromatic carbocycles. The molecular weight excluding hydrogens is 166 g/mol. The number of terminal acetylenes is 1. The molecule has 1 N–H and O–H groups in total. The topological polar surface area (TPSA) is 30.5 Å². The monoisotopic (exact) mass is 185 g/mol. The van der Waals surface area contributed by atoms with E-state index in [1.807, 2.05) is 7.05 Å². The summed E-state index contributed by atoms with van der Waals surface area (Å²) in [5.41, 5.74) is 0. The van der Waals surface area contributed by atoms with E-state index >= 15 is 0 Å². The summed E-state index contributed by atoms with van der Waals surface area (Å²) < 4.78 is 10.2. The molecule has 0 saturated heterocycles. The van der Waals surface area contributed by atoms with Crippen molar-refractivity contribution in [2.75, 3.05) is 34.0 Å². The summed E-state index contributed by atoms with van der Waals surface area (Å²) in [5, 5.41) is 3.15. The van der Waals surface area contributed by atoms with Crippen molar-refractivity contribution in [3.63, 3.8) is 0 Å². The lowest BCUT2D eigenvalue weighted by atomic mass is 10.2. The van der Waals surface area contributed by atoms with Gasteiger partial charge in [-0.15, -0.1) is 12.3 Å². The Morgan fingerprint density at radius 1 is 1.46 bits per heavy atom. The molecule has 0 heterocycles. The van der Waals surface area contributed by atoms with Crippen molar-refractivity contribution in [2.45, 2.75) is 18.9 Å². The van der Waals surface area contributed by atoms with Crippen molar-refractivity contribution in [3.8, 4) is 12.3 Å². The largest absolute Gasteiger partial charge is 0.382 e. The molecule has 3 heteroatoms. The lowest BCUT2D eigenvalue weighted by Gasteiger charge is -2.14. The van der Waals surface area contributed by atoms with Crippen molar-refractivity contribution < 1.29 is 9.47 Å². The van der Waals surface area contributed by atoms with Gasteiger partial charge in [-0.25, -0.2) is 0 Å². The summed E-state index contributed by atoms with van der Waals surface area (Å²) >= 11 is 0. The Labute approximate surface area is 80.8 Å². The average Bonchev–Trinajstić information content (AvgIpc) is 2.17. The molecule has 0 aliphatic rings. The third-order valence-corrected chi connectivity index (χ3v) is 1.80. The number of nitrogens with one attached hydrogen (secondary N) is 1. The lowest BCUT2D eigenvalue weighted by molar-refractivity contribution is 0.0588. The first-order valence-electron chi connectivity index (χ1n) is 4.52. The summed E-state index contributed by atoms with van der Waals surface area (Å²) in [6.07, 6.45) is 6.92. The average molecular weight is 185 g/mol. The van der Waals surface area contributed by atoms with E-state index in [2.05, 4.69) is 11.2 Å². The van der Waals surface area contributed by atoms with E-state index < -0.39 is 0 Å². The molecule has 0 amide bonds. The third-order valence-electron chi connectivity index (χ3n) is 1.80. The van der Waals surface area contributed by atoms with Gasteiger partial charge in [0.1, 0.15) is 0 Å². The highest BCUT2D eigenvalue weighted by Crippen LogP contribution is 1.96. The minimum atomic E-state index is 0.355. The smallest absolute Gasteiger partial charge is 0.0701 e. The van der Waals surface area contributed by atoms with E-state index in [1.165, 1.54) is 0 Å². The Kier molecular flexibility index (Phi) is 9.12. The summed E-state index contributed by atoms with van der Waals surface area (Å²) in [4.78, 5) is 0. The summed E-state index contributed by atoms with van der Waals surface area (Å²) in [7, 11) is 3.58. The van der Waals surface area contributed by atoms with Crippen LogP contribution >= 0.6 is 0 Å². The van der Waals surface area contributed by atoms with Crippen molar-refractivity contribution >= 4 is 0 Å². The summed E-state index contributed by atoms with van der Waals surface area (Å²) in [6, 6.07) is 0.355. The predicted octanol–water partition coefficient (Wildman–Crippen LogP) is 0.651. The molecule has 0 aliphatic carbocycles. The molecule has 0 fully saturated rings. The van der Waals surface area contributed by atoms with Gasteiger partial charge in [0.2, 0.25) is 0 Å². The number of ether oxygens (including phenoxy) is 2. The minimum absolute atomic E-state index is 0.355. The van der Waals surface area contributed by atoms with E-state index in [0.29, 0.717) is 25.9 Å². The molecule has 0 spiro atoms. The number of rotatable bonds is 8. The van der Waals surface area contributed by atoms with Crippen molar-refractivity contribution in [1.82, 2.24) is 5.32 Å². The molecule has 3 nitrogen and oxygen atoms in total. The van der Waals surface area contributed by atoms with Crippen molar-refractivity contribution in [3.05, 3.63) is 0 Å². The van der Waals surface area contributed by atoms with Crippen LogP contribution in [0.5, 0.6) is 0 Å². The molecule has 76 valence electrons. The Morgan fingerprint density at radius 3 is 2.77 bits per heavy atom. The molecule has 13 heavy (non-hydrogen) atoms. The Bertz CT molecular complexity index is 142. The van der Waals surface area contributed by atoms with Crippen molar-refractivity contribution in [2.24, 2.45) is 0 Å². The normalized spacial score (nSPS) is 12.4. The van der Waals surface area contributed by atoms with E-state index in [-0.39, 0.29) is 0 Å². The summed E-state index contributed by atoms with van der Waals surface area (Å²) in [5.74, 6) is 2.61. The van der Waals surface area contributed by atoms with Gasteiger partial charge in [-0.3, -0.25) is 0 Å². The lowest BCUT2D eigenvalue weighted by Crippen LogP contribution is -2.30. The highest BCUT2D eigenvalue weighted by molar-refractivity contribution is 4.85. The Hall–Kier alpha value is -0.560. The predicted molar refractivity (Wildman–Crippen MR) is 53.6 cm³/mol. The molecule has 0 aromatic heterocycles. The van der Waals surface area contributed by atoms with Gasteiger partial charge < -0.3 is 14.8 Å². The highest BCUT2D eigenvalue weighted by Gasteiger charge is 2.04. The minimum Gasteiger partial charge on any atom is -0.382 e. The first-order valence-corrected chi connectivity index (χ1v) is 4.52. The number of hydrogen-bond acceptors (Lipinski definition) is 3. The molecular formula is C10H19NO2. The van der Waals surface area contributed by atoms with Gasteiger partial charge in [-0.2, -0.15) is 0 Å². The van der Waals surface area contributed by atoms with Crippen molar-refractivity contribution in [1.29, 1.82) is 0 Å². The fourth-order valence-corrected chi connectivity index (χ4v) is 0.936. The van der Waals surface area contributed by atoms with Crippen LogP contribution in [0.25, 0.3) is 0 Å². The maximum absolute atomic E-state index is 5.37. The zero-order chi connectivity index (χ0) is 9.94. The zero-order valence-electron chi connectivity index (χ0n) is 8.51. The van der Waals surface area contributed by atoms with Crippen LogP contribution in [0, 0.1) is 12.3 Å². The zero-order valence-corrected chi connectivity index (χ0v) is 8.51. The Balaban J connectivity index is 3.32. The third kappa shape index (κ3) is 7.79. The van der Waals surface area contributed by atoms with Crippen LogP contribution in [0.15, 0.2) is 0 Å². The molecule has 0 bridgehead atoms. The first-order chi connectivity index (χ1) is 6.35. The van der Waals surface area contributed by atoms with Crippen LogP contribution in [-0.2, 0) is 9.47 Å². The molecule has 0 aromatic rings. The van der Waals surface area contributed by atoms with E-state index in [1.54, 1.807) is 7.11 Å². The van der Waals surface area contributed by atoms with Crippen LogP contribution in [0.3, 0.4) is 0 Å². The molecule has 0 radical (unpaired) electrons. The van der Waals surface area contributed by atoms with Gasteiger partial charge in [0.05, 0.1) is 19.8 Å². The van der Waals surface area contributed by atoms with Gasteiger partial charge >= 0.3 is 0 Å². The second-order valence-corrected chi connectivity index (χ2v) is 2.80. The van der Waals surface area contributed by atoms with E-state index in [9.17, 15) is 0 Å². The molecule has 1 atom stereocenters. The molecule has 0 aliphatic heterocycles. The van der Waals surface area contributed by atoms with E-state index in [0.717, 1.165) is 12.8 Å². The number of hydrogen-bond donors (Lipinski definition) is 1. The van der Waals surface area contributed by atoms with Gasteiger partial charge in [-0.05, 0) is 13.5 Å². The molecule has 0 rings (SSSR count). The Morgan fingerprint density at radius 2 is 2.23 bits per heavy atom. The van der Waals surface area contributed by atoms with Crippen LogP contribution in [0.1, 0.15) is 12.8 Å². The van der Waals surface area contributed by atoms with Gasteiger partial charge in [0.15, 0.2) is 0 Å². The second-order valence-electron chi connectivity index (χ2n) is 2.80. The second kappa shape index (κ2) is 9.53. The van der Waals surface area contributed by atoms with Crippen LogP contribution in [0.2, 0.25) is 0 Å². The maximum atomic E-state index is 5.37. The van der Waals surface area contributed by atoms with Gasteiger partial charge in [0.25, 0.3) is 0 Å². The van der Waals surface area contributed by atoms with Gasteiger partial charge in [0, 0.05) is 19.6 Å². The van der Waals surface area contributed by atoms with Crippen LogP contribution in [-0.4, -0.2) is 40.0 Å². The first kappa shape index (κ1) is 12.4. The molecule has 0 saturated carbocycles. The van der Waals surface area contributed by atoms with Crippen LogP contribution in [0.4, 0.5) is 0 Å². The standard InChI is InChI=1S/C10H19NO2/c1-4-5-6-10(11-2)9-13-8-7-12-3/h1,10-11H,5-9H2,2-3H3. The van der Waals surface area contributed by atoms with E-state index in [4.69, 9.17) is 15.9 Å². The SMILES string of the molecule is C#CCCC(COCCOC)NC. The molecule has 1 unspecified atom stereocenters. The highest BCUT2D eigenvalue weighted by atomic mass is 16.5.